The Morgan fingerprint density at radius 3 is 2.03 bits per heavy atom. The predicted octanol–water partition coefficient (Wildman–Crippen LogP) is 7.10. The molecule has 0 aromatic heterocycles. The normalized spacial score (nSPS) is 35.6. The van der Waals surface area contributed by atoms with Gasteiger partial charge in [-0.15, -0.1) is 6.58 Å². The molecule has 0 spiro atoms. The first-order chi connectivity index (χ1) is 14.7. The monoisotopic (exact) mass is 450 g/mol. The number of hydrogen-bond acceptors (Lipinski definition) is 3. The van der Waals surface area contributed by atoms with E-state index >= 15 is 0 Å². The number of allylic oxidation sites excluding steroid dienone is 1. The van der Waals surface area contributed by atoms with E-state index in [1.54, 1.807) is 0 Å². The van der Waals surface area contributed by atoms with Gasteiger partial charge in [0, 0.05) is 0 Å². The first kappa shape index (κ1) is 25.0. The van der Waals surface area contributed by atoms with Crippen molar-refractivity contribution >= 4 is 0 Å². The molecule has 0 aromatic carbocycles. The summed E-state index contributed by atoms with van der Waals surface area (Å²) in [7, 11) is 0. The number of hydrogen-bond donors (Lipinski definition) is 0. The Hall–Kier alpha value is -0.660. The van der Waals surface area contributed by atoms with Crippen molar-refractivity contribution < 1.29 is 31.8 Å². The predicted molar refractivity (Wildman–Crippen MR) is 111 cm³/mol. The molecule has 2 unspecified atom stereocenters. The summed E-state index contributed by atoms with van der Waals surface area (Å²) in [5.74, 6) is 0.215. The van der Waals surface area contributed by atoms with Crippen molar-refractivity contribution in [2.24, 2.45) is 17.8 Å². The van der Waals surface area contributed by atoms with Crippen LogP contribution >= 0.6 is 0 Å². The van der Waals surface area contributed by atoms with Gasteiger partial charge in [-0.25, -0.2) is 0 Å². The van der Waals surface area contributed by atoms with E-state index in [1.165, 1.54) is 0 Å². The fourth-order valence-corrected chi connectivity index (χ4v) is 5.19. The van der Waals surface area contributed by atoms with E-state index in [9.17, 15) is 17.6 Å². The third-order valence-electron chi connectivity index (χ3n) is 7.32. The molecule has 1 aliphatic heterocycles. The fraction of sp³-hybridized carbons (Fsp3) is 0.917. The Balaban J connectivity index is 1.40. The van der Waals surface area contributed by atoms with Crippen molar-refractivity contribution in [3.05, 3.63) is 12.7 Å². The average Bonchev–Trinajstić information content (AvgIpc) is 2.73. The highest BCUT2D eigenvalue weighted by molar-refractivity contribution is 4.83. The summed E-state index contributed by atoms with van der Waals surface area (Å²) >= 11 is 0. The highest BCUT2D eigenvalue weighted by Gasteiger charge is 2.49. The zero-order valence-corrected chi connectivity index (χ0v) is 18.7. The smallest absolute Gasteiger partial charge is 0.366 e. The van der Waals surface area contributed by atoms with Gasteiger partial charge in [0.2, 0.25) is 0 Å². The summed E-state index contributed by atoms with van der Waals surface area (Å²) in [6.45, 7) is 5.54. The summed E-state index contributed by atoms with van der Waals surface area (Å²) < 4.78 is 73.8. The molecule has 3 nitrogen and oxygen atoms in total. The molecule has 180 valence electrons. The first-order valence-electron chi connectivity index (χ1n) is 12.0. The minimum atomic E-state index is -3.41. The molecule has 2 atom stereocenters. The summed E-state index contributed by atoms with van der Waals surface area (Å²) in [5, 5.41) is 0. The second-order valence-corrected chi connectivity index (χ2v) is 9.85. The summed E-state index contributed by atoms with van der Waals surface area (Å²) in [6.07, 6.45) is -0.0370. The zero-order valence-electron chi connectivity index (χ0n) is 18.7. The topological polar surface area (TPSA) is 27.7 Å². The highest BCUT2D eigenvalue weighted by Crippen LogP contribution is 2.42. The van der Waals surface area contributed by atoms with Crippen LogP contribution in [0.3, 0.4) is 0 Å². The lowest BCUT2D eigenvalue weighted by atomic mass is 9.82. The number of rotatable bonds is 9. The van der Waals surface area contributed by atoms with Crippen LogP contribution in [0.15, 0.2) is 12.7 Å². The molecule has 1 saturated heterocycles. The van der Waals surface area contributed by atoms with Gasteiger partial charge < -0.3 is 14.2 Å². The second-order valence-electron chi connectivity index (χ2n) is 9.85. The van der Waals surface area contributed by atoms with Crippen LogP contribution < -0.4 is 0 Å². The second kappa shape index (κ2) is 11.0. The molecule has 31 heavy (non-hydrogen) atoms. The number of halogens is 4. The highest BCUT2D eigenvalue weighted by atomic mass is 19.3. The average molecular weight is 451 g/mol. The van der Waals surface area contributed by atoms with Gasteiger partial charge in [-0.05, 0) is 76.0 Å². The molecule has 0 amide bonds. The molecule has 0 aromatic rings. The van der Waals surface area contributed by atoms with E-state index in [2.05, 4.69) is 13.5 Å². The van der Waals surface area contributed by atoms with Crippen LogP contribution in [0.5, 0.6) is 0 Å². The molecule has 3 fully saturated rings. The Morgan fingerprint density at radius 2 is 1.45 bits per heavy atom. The van der Waals surface area contributed by atoms with Crippen molar-refractivity contribution in [2.75, 3.05) is 6.61 Å². The van der Waals surface area contributed by atoms with Gasteiger partial charge in [0.05, 0.1) is 24.7 Å². The molecule has 1 heterocycles. The molecule has 0 radical (unpaired) electrons. The van der Waals surface area contributed by atoms with Gasteiger partial charge in [-0.2, -0.15) is 17.6 Å². The first-order valence-corrected chi connectivity index (χ1v) is 12.0. The Morgan fingerprint density at radius 1 is 0.839 bits per heavy atom. The number of alkyl halides is 4. The maximum Gasteiger partial charge on any atom is 0.382 e. The zero-order chi connectivity index (χ0) is 22.5. The minimum absolute atomic E-state index is 0.0515. The SMILES string of the molecule is C=CCCC1CCC(OC(F)(F)C2CCC(OC(F)(F)C3CCC(C)CC3)CO2)CC1. The summed E-state index contributed by atoms with van der Waals surface area (Å²) in [5.41, 5.74) is 0. The van der Waals surface area contributed by atoms with Gasteiger partial charge in [-0.1, -0.05) is 25.8 Å². The van der Waals surface area contributed by atoms with Gasteiger partial charge in [0.25, 0.3) is 0 Å². The van der Waals surface area contributed by atoms with Crippen molar-refractivity contribution in [3.63, 3.8) is 0 Å². The Kier molecular flexibility index (Phi) is 8.84. The van der Waals surface area contributed by atoms with Crippen molar-refractivity contribution in [3.8, 4) is 0 Å². The molecular weight excluding hydrogens is 412 g/mol. The van der Waals surface area contributed by atoms with Crippen LogP contribution in [-0.2, 0) is 14.2 Å². The van der Waals surface area contributed by atoms with Crippen LogP contribution in [0.25, 0.3) is 0 Å². The Labute approximate surface area is 183 Å². The van der Waals surface area contributed by atoms with Gasteiger partial charge in [0.15, 0.2) is 0 Å². The summed E-state index contributed by atoms with van der Waals surface area (Å²) in [4.78, 5) is 0. The standard InChI is InChI=1S/C24H38F4O3/c1-3-4-5-18-8-12-20(13-9-18)30-24(27,28)22-15-14-21(16-29-22)31-23(25,26)19-10-6-17(2)7-11-19/h3,17-22H,1,4-16H2,2H3. The molecule has 0 N–H and O–H groups in total. The van der Waals surface area contributed by atoms with Crippen LogP contribution in [0.1, 0.15) is 84.0 Å². The molecule has 7 heteroatoms. The number of ether oxygens (including phenoxy) is 3. The van der Waals surface area contributed by atoms with Crippen LogP contribution in [0.4, 0.5) is 17.6 Å². The maximum atomic E-state index is 14.6. The molecular formula is C24H38F4O3. The lowest BCUT2D eigenvalue weighted by Crippen LogP contribution is -2.48. The lowest BCUT2D eigenvalue weighted by Gasteiger charge is -2.39. The van der Waals surface area contributed by atoms with E-state index in [0.29, 0.717) is 37.5 Å². The fourth-order valence-electron chi connectivity index (χ4n) is 5.19. The van der Waals surface area contributed by atoms with Crippen LogP contribution in [0, 0.1) is 17.8 Å². The molecule has 2 aliphatic carbocycles. The Bertz CT molecular complexity index is 547. The van der Waals surface area contributed by atoms with E-state index in [0.717, 1.165) is 38.5 Å². The maximum absolute atomic E-state index is 14.6. The third kappa shape index (κ3) is 7.16. The molecule has 3 aliphatic rings. The van der Waals surface area contributed by atoms with E-state index in [-0.39, 0.29) is 19.4 Å². The van der Waals surface area contributed by atoms with E-state index in [4.69, 9.17) is 14.2 Å². The quantitative estimate of drug-likeness (QED) is 0.277. The largest absolute Gasteiger partial charge is 0.382 e. The van der Waals surface area contributed by atoms with Gasteiger partial charge in [-0.3, -0.25) is 0 Å². The van der Waals surface area contributed by atoms with Crippen LogP contribution in [-0.4, -0.2) is 37.1 Å². The van der Waals surface area contributed by atoms with Crippen molar-refractivity contribution in [2.45, 2.75) is 115 Å². The van der Waals surface area contributed by atoms with Crippen LogP contribution in [0.2, 0.25) is 0 Å². The molecule has 0 bridgehead atoms. The third-order valence-corrected chi connectivity index (χ3v) is 7.32. The summed E-state index contributed by atoms with van der Waals surface area (Å²) in [6, 6.07) is 0. The van der Waals surface area contributed by atoms with Gasteiger partial charge in [0.1, 0.15) is 6.10 Å². The van der Waals surface area contributed by atoms with Gasteiger partial charge >= 0.3 is 12.2 Å². The van der Waals surface area contributed by atoms with Crippen molar-refractivity contribution in [1.82, 2.24) is 0 Å². The lowest BCUT2D eigenvalue weighted by molar-refractivity contribution is -0.346. The van der Waals surface area contributed by atoms with E-state index in [1.807, 2.05) is 6.08 Å². The van der Waals surface area contributed by atoms with Crippen molar-refractivity contribution in [1.29, 1.82) is 0 Å². The minimum Gasteiger partial charge on any atom is -0.366 e. The molecule has 3 rings (SSSR count). The van der Waals surface area contributed by atoms with E-state index < -0.39 is 36.4 Å². The molecule has 2 saturated carbocycles.